The topological polar surface area (TPSA) is 66.8 Å². The van der Waals surface area contributed by atoms with E-state index in [1.165, 1.54) is 0 Å². The largest absolute Gasteiger partial charge is 0.481 e. The highest BCUT2D eigenvalue weighted by Crippen LogP contribution is 2.39. The van der Waals surface area contributed by atoms with Crippen LogP contribution >= 0.6 is 0 Å². The summed E-state index contributed by atoms with van der Waals surface area (Å²) in [4.78, 5) is 25.4. The number of carbonyl (C=O) groups is 2. The Bertz CT molecular complexity index is 344. The van der Waals surface area contributed by atoms with E-state index in [2.05, 4.69) is 0 Å². The molecule has 0 bridgehead atoms. The molecule has 3 atom stereocenters. The first kappa shape index (κ1) is 14.3. The summed E-state index contributed by atoms with van der Waals surface area (Å²) in [5.41, 5.74) is 0. The summed E-state index contributed by atoms with van der Waals surface area (Å²) in [6, 6.07) is 0.132. The first-order valence-electron chi connectivity index (χ1n) is 7.16. The fraction of sp³-hybridized carbons (Fsp3) is 0.857. The van der Waals surface area contributed by atoms with Gasteiger partial charge in [0.1, 0.15) is 0 Å². The minimum Gasteiger partial charge on any atom is -0.481 e. The van der Waals surface area contributed by atoms with Crippen LogP contribution in [0.4, 0.5) is 0 Å². The number of carboxylic acid groups (broad SMARTS) is 1. The molecule has 1 heterocycles. The molecule has 5 heteroatoms. The van der Waals surface area contributed by atoms with Gasteiger partial charge in [0.2, 0.25) is 5.91 Å². The van der Waals surface area contributed by atoms with Gasteiger partial charge >= 0.3 is 5.97 Å². The molecule has 3 unspecified atom stereocenters. The van der Waals surface area contributed by atoms with Gasteiger partial charge in [-0.1, -0.05) is 12.8 Å². The van der Waals surface area contributed by atoms with E-state index in [0.717, 1.165) is 25.7 Å². The molecule has 0 aromatic rings. The van der Waals surface area contributed by atoms with Crippen molar-refractivity contribution in [3.63, 3.8) is 0 Å². The maximum atomic E-state index is 12.2. The Morgan fingerprint density at radius 3 is 2.68 bits per heavy atom. The number of carboxylic acids is 1. The van der Waals surface area contributed by atoms with Crippen molar-refractivity contribution >= 4 is 11.9 Å². The van der Waals surface area contributed by atoms with Crippen molar-refractivity contribution in [2.45, 2.75) is 44.6 Å². The van der Waals surface area contributed by atoms with Gasteiger partial charge in [-0.3, -0.25) is 9.59 Å². The van der Waals surface area contributed by atoms with Gasteiger partial charge < -0.3 is 14.7 Å². The lowest BCUT2D eigenvalue weighted by Gasteiger charge is -2.46. The second-order valence-corrected chi connectivity index (χ2v) is 5.58. The van der Waals surface area contributed by atoms with E-state index in [4.69, 9.17) is 4.74 Å². The standard InChI is InChI=1S/C14H23NO4/c1-19-9-7-13(16)15-8-6-11(14(17)18)10-4-2-3-5-12(10)15/h10-12H,2-9H2,1H3,(H,17,18). The normalized spacial score (nSPS) is 30.8. The number of amides is 1. The Labute approximate surface area is 113 Å². The lowest BCUT2D eigenvalue weighted by atomic mass is 9.72. The lowest BCUT2D eigenvalue weighted by Crippen LogP contribution is -2.54. The minimum absolute atomic E-state index is 0.114. The molecule has 19 heavy (non-hydrogen) atoms. The molecule has 2 fully saturated rings. The van der Waals surface area contributed by atoms with Crippen LogP contribution in [-0.2, 0) is 14.3 Å². The molecule has 1 saturated heterocycles. The third kappa shape index (κ3) is 3.08. The number of carbonyl (C=O) groups excluding carboxylic acids is 1. The zero-order valence-electron chi connectivity index (χ0n) is 11.5. The zero-order valence-corrected chi connectivity index (χ0v) is 11.5. The number of rotatable bonds is 4. The first-order chi connectivity index (χ1) is 9.15. The lowest BCUT2D eigenvalue weighted by molar-refractivity contribution is -0.154. The van der Waals surface area contributed by atoms with E-state index in [0.29, 0.717) is 26.0 Å². The molecule has 0 aromatic carbocycles. The average Bonchev–Trinajstić information content (AvgIpc) is 2.43. The molecular formula is C14H23NO4. The molecule has 1 N–H and O–H groups in total. The molecule has 2 aliphatic rings. The van der Waals surface area contributed by atoms with Gasteiger partial charge in [0, 0.05) is 19.7 Å². The number of ether oxygens (including phenoxy) is 1. The number of nitrogens with zero attached hydrogens (tertiary/aromatic N) is 1. The van der Waals surface area contributed by atoms with E-state index in [1.807, 2.05) is 4.90 Å². The summed E-state index contributed by atoms with van der Waals surface area (Å²) >= 11 is 0. The van der Waals surface area contributed by atoms with Crippen LogP contribution in [0.2, 0.25) is 0 Å². The second-order valence-electron chi connectivity index (χ2n) is 5.58. The zero-order chi connectivity index (χ0) is 13.8. The number of hydrogen-bond acceptors (Lipinski definition) is 3. The van der Waals surface area contributed by atoms with Crippen molar-refractivity contribution in [2.24, 2.45) is 11.8 Å². The fourth-order valence-corrected chi connectivity index (χ4v) is 3.60. The predicted octanol–water partition coefficient (Wildman–Crippen LogP) is 1.51. The highest BCUT2D eigenvalue weighted by molar-refractivity contribution is 5.77. The van der Waals surface area contributed by atoms with Crippen LogP contribution in [0.15, 0.2) is 0 Å². The Morgan fingerprint density at radius 1 is 1.26 bits per heavy atom. The van der Waals surface area contributed by atoms with Crippen molar-refractivity contribution in [3.8, 4) is 0 Å². The average molecular weight is 269 g/mol. The number of methoxy groups -OCH3 is 1. The van der Waals surface area contributed by atoms with Crippen molar-refractivity contribution in [1.29, 1.82) is 0 Å². The van der Waals surface area contributed by atoms with E-state index < -0.39 is 5.97 Å². The third-order valence-electron chi connectivity index (χ3n) is 4.54. The van der Waals surface area contributed by atoms with Gasteiger partial charge in [0.05, 0.1) is 18.9 Å². The van der Waals surface area contributed by atoms with Crippen LogP contribution in [0.3, 0.4) is 0 Å². The van der Waals surface area contributed by atoms with Crippen LogP contribution in [0.25, 0.3) is 0 Å². The summed E-state index contributed by atoms with van der Waals surface area (Å²) < 4.78 is 4.96. The van der Waals surface area contributed by atoms with Crippen molar-refractivity contribution in [3.05, 3.63) is 0 Å². The molecule has 0 spiro atoms. The van der Waals surface area contributed by atoms with Crippen LogP contribution in [0.5, 0.6) is 0 Å². The molecule has 0 radical (unpaired) electrons. The summed E-state index contributed by atoms with van der Waals surface area (Å²) in [5, 5.41) is 9.32. The Morgan fingerprint density at radius 2 is 2.00 bits per heavy atom. The van der Waals surface area contributed by atoms with Gasteiger partial charge in [0.15, 0.2) is 0 Å². The van der Waals surface area contributed by atoms with E-state index in [1.54, 1.807) is 7.11 Å². The summed E-state index contributed by atoms with van der Waals surface area (Å²) in [6.45, 7) is 1.02. The molecule has 108 valence electrons. The summed E-state index contributed by atoms with van der Waals surface area (Å²) in [6.07, 6.45) is 5.07. The number of likely N-dealkylation sites (tertiary alicyclic amines) is 1. The van der Waals surface area contributed by atoms with Gasteiger partial charge in [-0.15, -0.1) is 0 Å². The van der Waals surface area contributed by atoms with E-state index in [9.17, 15) is 14.7 Å². The Balaban J connectivity index is 2.06. The fourth-order valence-electron chi connectivity index (χ4n) is 3.60. The molecule has 1 saturated carbocycles. The highest BCUT2D eigenvalue weighted by Gasteiger charge is 2.43. The molecule has 1 aliphatic carbocycles. The molecule has 2 rings (SSSR count). The molecule has 1 aliphatic heterocycles. The molecule has 0 aromatic heterocycles. The number of hydrogen-bond donors (Lipinski definition) is 1. The summed E-state index contributed by atoms with van der Waals surface area (Å²) in [7, 11) is 1.59. The second kappa shape index (κ2) is 6.37. The Kier molecular flexibility index (Phi) is 4.80. The number of piperidine rings is 1. The predicted molar refractivity (Wildman–Crippen MR) is 69.7 cm³/mol. The number of aliphatic carboxylic acids is 1. The first-order valence-corrected chi connectivity index (χ1v) is 7.16. The monoisotopic (exact) mass is 269 g/mol. The van der Waals surface area contributed by atoms with Crippen LogP contribution < -0.4 is 0 Å². The molecule has 5 nitrogen and oxygen atoms in total. The smallest absolute Gasteiger partial charge is 0.306 e. The number of fused-ring (bicyclic) bond motifs is 1. The van der Waals surface area contributed by atoms with Crippen LogP contribution in [-0.4, -0.2) is 48.2 Å². The van der Waals surface area contributed by atoms with Gasteiger partial charge in [-0.25, -0.2) is 0 Å². The van der Waals surface area contributed by atoms with Crippen molar-refractivity contribution in [2.75, 3.05) is 20.3 Å². The van der Waals surface area contributed by atoms with Crippen molar-refractivity contribution in [1.82, 2.24) is 4.90 Å². The van der Waals surface area contributed by atoms with Gasteiger partial charge in [-0.05, 0) is 25.2 Å². The Hall–Kier alpha value is -1.10. The van der Waals surface area contributed by atoms with Crippen molar-refractivity contribution < 1.29 is 19.4 Å². The minimum atomic E-state index is -0.694. The molecular weight excluding hydrogens is 246 g/mol. The van der Waals surface area contributed by atoms with Crippen LogP contribution in [0.1, 0.15) is 38.5 Å². The quantitative estimate of drug-likeness (QED) is 0.840. The molecule has 1 amide bonds. The maximum absolute atomic E-state index is 12.2. The van der Waals surface area contributed by atoms with Gasteiger partial charge in [-0.2, -0.15) is 0 Å². The van der Waals surface area contributed by atoms with Crippen LogP contribution in [0, 0.1) is 11.8 Å². The SMILES string of the molecule is COCCC(=O)N1CCC(C(=O)O)C2CCCCC21. The summed E-state index contributed by atoms with van der Waals surface area (Å²) in [5.74, 6) is -0.702. The van der Waals surface area contributed by atoms with E-state index >= 15 is 0 Å². The van der Waals surface area contributed by atoms with E-state index in [-0.39, 0.29) is 23.8 Å². The third-order valence-corrected chi connectivity index (χ3v) is 4.54. The maximum Gasteiger partial charge on any atom is 0.306 e. The van der Waals surface area contributed by atoms with Gasteiger partial charge in [0.25, 0.3) is 0 Å². The highest BCUT2D eigenvalue weighted by atomic mass is 16.5.